The molecular weight excluding hydrogens is 427 g/mol. The van der Waals surface area contributed by atoms with Gasteiger partial charge in [-0.1, -0.05) is 33.6 Å². The van der Waals surface area contributed by atoms with Gasteiger partial charge in [0.15, 0.2) is 5.17 Å². The molecule has 0 saturated carbocycles. The number of carbonyl (C=O) groups excluding carboxylic acids is 1. The number of nitrogens with one attached hydrogen (secondary N) is 1. The van der Waals surface area contributed by atoms with Gasteiger partial charge in [0.25, 0.3) is 5.91 Å². The molecule has 1 N–H and O–H groups in total. The number of thioether (sulfide) groups is 1. The molecule has 2 aromatic carbocycles. The van der Waals surface area contributed by atoms with Crippen molar-refractivity contribution in [1.29, 1.82) is 0 Å². The molecule has 1 fully saturated rings. The summed E-state index contributed by atoms with van der Waals surface area (Å²) in [6.07, 6.45) is 1.44. The molecule has 128 valence electrons. The van der Waals surface area contributed by atoms with Gasteiger partial charge in [-0.3, -0.25) is 4.79 Å². The number of amides is 1. The van der Waals surface area contributed by atoms with E-state index >= 15 is 0 Å². The van der Waals surface area contributed by atoms with Crippen LogP contribution in [0.15, 0.2) is 44.7 Å². The Bertz CT molecular complexity index is 899. The summed E-state index contributed by atoms with van der Waals surface area (Å²) in [6.45, 7) is 3.96. The number of aliphatic imine (C=N–C) groups is 1. The van der Waals surface area contributed by atoms with E-state index in [1.165, 1.54) is 18.2 Å². The second-order valence-electron chi connectivity index (χ2n) is 5.51. The maximum atomic E-state index is 13.9. The Balaban J connectivity index is 1.91. The zero-order valence-corrected chi connectivity index (χ0v) is 16.5. The van der Waals surface area contributed by atoms with Gasteiger partial charge in [-0.15, -0.1) is 0 Å². The Labute approximate surface area is 162 Å². The minimum absolute atomic E-state index is 0.193. The van der Waals surface area contributed by atoms with Crippen molar-refractivity contribution in [2.75, 3.05) is 0 Å². The van der Waals surface area contributed by atoms with Gasteiger partial charge in [0.1, 0.15) is 5.82 Å². The molecule has 25 heavy (non-hydrogen) atoms. The molecule has 0 aliphatic carbocycles. The highest BCUT2D eigenvalue weighted by atomic mass is 79.9. The lowest BCUT2D eigenvalue weighted by atomic mass is 10.1. The largest absolute Gasteiger partial charge is 0.300 e. The summed E-state index contributed by atoms with van der Waals surface area (Å²) in [6, 6.07) is 8.25. The minimum Gasteiger partial charge on any atom is -0.300 e. The van der Waals surface area contributed by atoms with Gasteiger partial charge in [0.05, 0.1) is 15.6 Å². The number of amidine groups is 1. The van der Waals surface area contributed by atoms with Gasteiger partial charge < -0.3 is 5.32 Å². The molecule has 1 amide bonds. The second-order valence-corrected chi connectivity index (χ2v) is 7.74. The van der Waals surface area contributed by atoms with Crippen LogP contribution in [0.4, 0.5) is 10.1 Å². The summed E-state index contributed by atoms with van der Waals surface area (Å²) in [4.78, 5) is 16.9. The summed E-state index contributed by atoms with van der Waals surface area (Å²) < 4.78 is 14.9. The molecule has 0 atom stereocenters. The molecule has 1 aliphatic heterocycles. The number of halogens is 3. The summed E-state index contributed by atoms with van der Waals surface area (Å²) in [5, 5.41) is 3.40. The van der Waals surface area contributed by atoms with Gasteiger partial charge in [-0.2, -0.15) is 0 Å². The fourth-order valence-corrected chi connectivity index (χ4v) is 3.64. The molecule has 1 aliphatic rings. The third kappa shape index (κ3) is 3.97. The van der Waals surface area contributed by atoms with Crippen LogP contribution in [0.5, 0.6) is 0 Å². The Morgan fingerprint density at radius 3 is 2.60 bits per heavy atom. The highest BCUT2D eigenvalue weighted by Gasteiger charge is 2.24. The van der Waals surface area contributed by atoms with Crippen LogP contribution in [-0.2, 0) is 4.79 Å². The predicted octanol–water partition coefficient (Wildman–Crippen LogP) is 5.75. The first-order valence-corrected chi connectivity index (χ1v) is 9.34. The van der Waals surface area contributed by atoms with Crippen molar-refractivity contribution in [3.8, 4) is 0 Å². The molecule has 0 spiro atoms. The van der Waals surface area contributed by atoms with Crippen LogP contribution in [0.25, 0.3) is 6.08 Å². The zero-order valence-electron chi connectivity index (χ0n) is 13.4. The highest BCUT2D eigenvalue weighted by Crippen LogP contribution is 2.32. The van der Waals surface area contributed by atoms with Gasteiger partial charge in [0, 0.05) is 10.0 Å². The van der Waals surface area contributed by atoms with Crippen molar-refractivity contribution in [3.63, 3.8) is 0 Å². The SMILES string of the molecule is Cc1cc(N=C2NC(=O)/C(=C/c3c(F)cccc3Cl)S2)cc(C)c1Br. The number of nitrogens with zero attached hydrogens (tertiary/aromatic N) is 1. The molecule has 0 radical (unpaired) electrons. The van der Waals surface area contributed by atoms with Crippen molar-refractivity contribution in [1.82, 2.24) is 5.32 Å². The molecule has 0 unspecified atom stereocenters. The third-order valence-electron chi connectivity index (χ3n) is 3.58. The third-order valence-corrected chi connectivity index (χ3v) is 6.07. The van der Waals surface area contributed by atoms with Crippen molar-refractivity contribution in [3.05, 3.63) is 67.2 Å². The van der Waals surface area contributed by atoms with Crippen LogP contribution in [-0.4, -0.2) is 11.1 Å². The van der Waals surface area contributed by atoms with E-state index in [2.05, 4.69) is 26.2 Å². The quantitative estimate of drug-likeness (QED) is 0.605. The van der Waals surface area contributed by atoms with Crippen molar-refractivity contribution in [2.45, 2.75) is 13.8 Å². The van der Waals surface area contributed by atoms with Crippen LogP contribution in [0.2, 0.25) is 5.02 Å². The molecule has 3 nitrogen and oxygen atoms in total. The maximum Gasteiger partial charge on any atom is 0.264 e. The average Bonchev–Trinajstić information content (AvgIpc) is 2.88. The van der Waals surface area contributed by atoms with Crippen LogP contribution in [0, 0.1) is 19.7 Å². The van der Waals surface area contributed by atoms with E-state index in [9.17, 15) is 9.18 Å². The van der Waals surface area contributed by atoms with Gasteiger partial charge in [-0.25, -0.2) is 9.38 Å². The van der Waals surface area contributed by atoms with E-state index in [-0.39, 0.29) is 16.5 Å². The van der Waals surface area contributed by atoms with E-state index < -0.39 is 5.82 Å². The van der Waals surface area contributed by atoms with Crippen LogP contribution in [0.1, 0.15) is 16.7 Å². The number of rotatable bonds is 2. The minimum atomic E-state index is -0.474. The summed E-state index contributed by atoms with van der Waals surface area (Å²) in [5.74, 6) is -0.799. The Morgan fingerprint density at radius 2 is 1.96 bits per heavy atom. The van der Waals surface area contributed by atoms with Crippen LogP contribution >= 0.6 is 39.3 Å². The normalized spacial score (nSPS) is 17.4. The summed E-state index contributed by atoms with van der Waals surface area (Å²) in [7, 11) is 0. The Kier molecular flexibility index (Phi) is 5.32. The lowest BCUT2D eigenvalue weighted by Gasteiger charge is -2.04. The Hall–Kier alpha value is -1.63. The number of hydrogen-bond donors (Lipinski definition) is 1. The molecule has 7 heteroatoms. The zero-order chi connectivity index (χ0) is 18.1. The average molecular weight is 440 g/mol. The van der Waals surface area contributed by atoms with Crippen molar-refractivity contribution < 1.29 is 9.18 Å². The molecule has 1 saturated heterocycles. The second kappa shape index (κ2) is 7.32. The van der Waals surface area contributed by atoms with Gasteiger partial charge >= 0.3 is 0 Å². The number of carbonyl (C=O) groups is 1. The first-order valence-electron chi connectivity index (χ1n) is 7.35. The fourth-order valence-electron chi connectivity index (χ4n) is 2.37. The van der Waals surface area contributed by atoms with E-state index in [1.807, 2.05) is 26.0 Å². The Morgan fingerprint density at radius 1 is 1.28 bits per heavy atom. The molecular formula is C18H13BrClFN2OS. The smallest absolute Gasteiger partial charge is 0.264 e. The molecule has 0 aromatic heterocycles. The lowest BCUT2D eigenvalue weighted by Crippen LogP contribution is -2.19. The molecule has 3 rings (SSSR count). The van der Waals surface area contributed by atoms with E-state index in [0.29, 0.717) is 10.1 Å². The number of aryl methyl sites for hydroxylation is 2. The van der Waals surface area contributed by atoms with Crippen LogP contribution < -0.4 is 5.32 Å². The standard InChI is InChI=1S/C18H13BrClFN2OS/c1-9-6-11(7-10(2)16(9)19)22-18-23-17(24)15(25-18)8-12-13(20)4-3-5-14(12)21/h3-8H,1-2H3,(H,22,23,24)/b15-8-. The van der Waals surface area contributed by atoms with Crippen molar-refractivity contribution >= 4 is 62.1 Å². The maximum absolute atomic E-state index is 13.9. The van der Waals surface area contributed by atoms with Gasteiger partial charge in [0.2, 0.25) is 0 Å². The van der Waals surface area contributed by atoms with E-state index in [0.717, 1.165) is 33.0 Å². The van der Waals surface area contributed by atoms with Gasteiger partial charge in [-0.05, 0) is 67.1 Å². The molecule has 2 aromatic rings. The number of benzene rings is 2. The molecule has 1 heterocycles. The van der Waals surface area contributed by atoms with Crippen LogP contribution in [0.3, 0.4) is 0 Å². The topological polar surface area (TPSA) is 41.5 Å². The van der Waals surface area contributed by atoms with E-state index in [1.54, 1.807) is 6.07 Å². The summed E-state index contributed by atoms with van der Waals surface area (Å²) >= 11 is 10.7. The lowest BCUT2D eigenvalue weighted by molar-refractivity contribution is -0.115. The van der Waals surface area contributed by atoms with E-state index in [4.69, 9.17) is 11.6 Å². The first kappa shape index (κ1) is 18.2. The predicted molar refractivity (Wildman–Crippen MR) is 106 cm³/mol. The first-order chi connectivity index (χ1) is 11.8. The summed E-state index contributed by atoms with van der Waals surface area (Å²) in [5.41, 5.74) is 3.05. The molecule has 0 bridgehead atoms. The monoisotopic (exact) mass is 438 g/mol. The number of hydrogen-bond acceptors (Lipinski definition) is 3. The van der Waals surface area contributed by atoms with Crippen molar-refractivity contribution in [2.24, 2.45) is 4.99 Å². The fraction of sp³-hybridized carbons (Fsp3) is 0.111. The highest BCUT2D eigenvalue weighted by molar-refractivity contribution is 9.10.